The van der Waals surface area contributed by atoms with Gasteiger partial charge in [-0.05, 0) is 43.0 Å². The molecule has 1 atom stereocenters. The highest BCUT2D eigenvalue weighted by molar-refractivity contribution is 5.98. The molecule has 2 saturated heterocycles. The van der Waals surface area contributed by atoms with Gasteiger partial charge in [0.2, 0.25) is 5.91 Å². The molecule has 0 spiro atoms. The Balaban J connectivity index is 1.52. The lowest BCUT2D eigenvalue weighted by atomic mass is 9.98. The van der Waals surface area contributed by atoms with Crippen LogP contribution in [0.25, 0.3) is 0 Å². The number of amides is 2. The van der Waals surface area contributed by atoms with Crippen molar-refractivity contribution in [2.75, 3.05) is 54.4 Å². The van der Waals surface area contributed by atoms with E-state index < -0.39 is 6.10 Å². The van der Waals surface area contributed by atoms with E-state index in [0.29, 0.717) is 12.3 Å². The molecule has 170 valence electrons. The van der Waals surface area contributed by atoms with Gasteiger partial charge in [-0.2, -0.15) is 5.26 Å². The predicted molar refractivity (Wildman–Crippen MR) is 123 cm³/mol. The molecule has 8 nitrogen and oxygen atoms in total. The van der Waals surface area contributed by atoms with Crippen LogP contribution in [0.2, 0.25) is 0 Å². The lowest BCUT2D eigenvalue weighted by Gasteiger charge is -2.37. The number of carbonyl (C=O) groups excluding carboxylic acids is 2. The molecule has 1 N–H and O–H groups in total. The first kappa shape index (κ1) is 22.0. The number of piperazine rings is 1. The van der Waals surface area contributed by atoms with Crippen LogP contribution in [0.4, 0.5) is 17.1 Å². The van der Waals surface area contributed by atoms with Crippen molar-refractivity contribution in [3.63, 3.8) is 0 Å². The molecule has 3 aliphatic heterocycles. The smallest absolute Gasteiger partial charge is 0.265 e. The van der Waals surface area contributed by atoms with Crippen LogP contribution in [0.3, 0.4) is 0 Å². The molecule has 3 aliphatic rings. The molecule has 0 aromatic heterocycles. The standard InChI is InChI=1S/C24H31N5O3/c1-17-7-9-29(10-8-17)22-15-19(28-13-11-27(12-14-28)18(2)30)3-5-21(22)26-24(31)23-6-4-20(16-25)32-23/h3-5,15,17,23H,6-14H2,1-2H3,(H,26,31). The Labute approximate surface area is 189 Å². The monoisotopic (exact) mass is 437 g/mol. The number of hydrogen-bond donors (Lipinski definition) is 1. The molecule has 1 unspecified atom stereocenters. The highest BCUT2D eigenvalue weighted by atomic mass is 16.5. The van der Waals surface area contributed by atoms with Crippen molar-refractivity contribution in [3.05, 3.63) is 30.0 Å². The summed E-state index contributed by atoms with van der Waals surface area (Å²) < 4.78 is 5.43. The fourth-order valence-corrected chi connectivity index (χ4v) is 4.52. The summed E-state index contributed by atoms with van der Waals surface area (Å²) in [5.74, 6) is 0.792. The minimum atomic E-state index is -0.668. The molecule has 2 amide bonds. The minimum Gasteiger partial charge on any atom is -0.470 e. The average molecular weight is 438 g/mol. The van der Waals surface area contributed by atoms with Gasteiger partial charge in [-0.25, -0.2) is 0 Å². The van der Waals surface area contributed by atoms with Gasteiger partial charge in [0, 0.05) is 58.3 Å². The quantitative estimate of drug-likeness (QED) is 0.779. The Morgan fingerprint density at radius 1 is 1.09 bits per heavy atom. The third-order valence-electron chi connectivity index (χ3n) is 6.64. The number of hydrogen-bond acceptors (Lipinski definition) is 6. The molecule has 4 rings (SSSR count). The number of ether oxygens (including phenoxy) is 1. The number of nitrogens with one attached hydrogen (secondary N) is 1. The number of benzene rings is 1. The van der Waals surface area contributed by atoms with Crippen molar-refractivity contribution in [3.8, 4) is 6.07 Å². The van der Waals surface area contributed by atoms with Crippen LogP contribution in [0, 0.1) is 17.2 Å². The Hall–Kier alpha value is -3.21. The first-order valence-electron chi connectivity index (χ1n) is 11.4. The number of nitriles is 1. The van der Waals surface area contributed by atoms with E-state index in [9.17, 15) is 9.59 Å². The number of allylic oxidation sites excluding steroid dienone is 1. The second-order valence-electron chi connectivity index (χ2n) is 8.88. The molecular formula is C24H31N5O3. The minimum absolute atomic E-state index is 0.119. The Morgan fingerprint density at radius 2 is 1.81 bits per heavy atom. The highest BCUT2D eigenvalue weighted by Gasteiger charge is 2.28. The summed E-state index contributed by atoms with van der Waals surface area (Å²) in [5, 5.41) is 12.0. The van der Waals surface area contributed by atoms with Crippen molar-refractivity contribution < 1.29 is 14.3 Å². The second-order valence-corrected chi connectivity index (χ2v) is 8.88. The molecule has 1 aromatic carbocycles. The summed E-state index contributed by atoms with van der Waals surface area (Å²) in [6.45, 7) is 8.82. The number of carbonyl (C=O) groups is 2. The van der Waals surface area contributed by atoms with E-state index in [1.807, 2.05) is 23.1 Å². The van der Waals surface area contributed by atoms with E-state index in [-0.39, 0.29) is 17.6 Å². The number of piperidine rings is 1. The summed E-state index contributed by atoms with van der Waals surface area (Å²) in [6.07, 6.45) is 3.63. The first-order valence-corrected chi connectivity index (χ1v) is 11.4. The zero-order chi connectivity index (χ0) is 22.7. The molecule has 0 radical (unpaired) electrons. The maximum absolute atomic E-state index is 12.8. The summed E-state index contributed by atoms with van der Waals surface area (Å²) in [4.78, 5) is 31.0. The van der Waals surface area contributed by atoms with E-state index in [1.54, 1.807) is 13.0 Å². The molecule has 1 aromatic rings. The fraction of sp³-hybridized carbons (Fsp3) is 0.542. The van der Waals surface area contributed by atoms with Gasteiger partial charge in [0.15, 0.2) is 11.9 Å². The zero-order valence-corrected chi connectivity index (χ0v) is 18.8. The number of anilines is 3. The third-order valence-corrected chi connectivity index (χ3v) is 6.64. The van der Waals surface area contributed by atoms with Crippen LogP contribution in [-0.4, -0.2) is 62.1 Å². The van der Waals surface area contributed by atoms with Crippen LogP contribution < -0.4 is 15.1 Å². The van der Waals surface area contributed by atoms with Gasteiger partial charge in [-0.15, -0.1) is 0 Å². The predicted octanol–water partition coefficient (Wildman–Crippen LogP) is 2.73. The van der Waals surface area contributed by atoms with Crippen molar-refractivity contribution in [1.29, 1.82) is 5.26 Å². The Morgan fingerprint density at radius 3 is 2.44 bits per heavy atom. The summed E-state index contributed by atoms with van der Waals surface area (Å²) in [7, 11) is 0. The van der Waals surface area contributed by atoms with Gasteiger partial charge in [-0.1, -0.05) is 6.92 Å². The lowest BCUT2D eigenvalue weighted by Crippen LogP contribution is -2.48. The Kier molecular flexibility index (Phi) is 6.54. The normalized spacial score (nSPS) is 21.6. The van der Waals surface area contributed by atoms with Crippen molar-refractivity contribution >= 4 is 28.9 Å². The summed E-state index contributed by atoms with van der Waals surface area (Å²) in [6, 6.07) is 8.11. The lowest BCUT2D eigenvalue weighted by molar-refractivity contribution is -0.129. The molecule has 32 heavy (non-hydrogen) atoms. The Bertz CT molecular complexity index is 937. The van der Waals surface area contributed by atoms with Crippen molar-refractivity contribution in [2.45, 2.75) is 39.2 Å². The second kappa shape index (κ2) is 9.51. The first-order chi connectivity index (χ1) is 15.4. The molecule has 3 heterocycles. The van der Waals surface area contributed by atoms with Crippen LogP contribution in [0.15, 0.2) is 30.0 Å². The van der Waals surface area contributed by atoms with Gasteiger partial charge in [-0.3, -0.25) is 9.59 Å². The van der Waals surface area contributed by atoms with E-state index >= 15 is 0 Å². The summed E-state index contributed by atoms with van der Waals surface area (Å²) in [5.41, 5.74) is 2.89. The maximum atomic E-state index is 12.8. The fourth-order valence-electron chi connectivity index (χ4n) is 4.52. The maximum Gasteiger partial charge on any atom is 0.265 e. The molecule has 2 fully saturated rings. The van der Waals surface area contributed by atoms with Gasteiger partial charge in [0.25, 0.3) is 5.91 Å². The van der Waals surface area contributed by atoms with Gasteiger partial charge >= 0.3 is 0 Å². The molecule has 0 aliphatic carbocycles. The summed E-state index contributed by atoms with van der Waals surface area (Å²) >= 11 is 0. The van der Waals surface area contributed by atoms with Crippen molar-refractivity contribution in [1.82, 2.24) is 4.90 Å². The van der Waals surface area contributed by atoms with Crippen LogP contribution in [0.1, 0.15) is 33.1 Å². The average Bonchev–Trinajstić information content (AvgIpc) is 3.30. The SMILES string of the molecule is CC(=O)N1CCN(c2ccc(NC(=O)C3CC=C(C#N)O3)c(N3CCC(C)CC3)c2)CC1. The van der Waals surface area contributed by atoms with E-state index in [2.05, 4.69) is 28.1 Å². The zero-order valence-electron chi connectivity index (χ0n) is 18.8. The molecule has 0 saturated carbocycles. The highest BCUT2D eigenvalue weighted by Crippen LogP contribution is 2.34. The van der Waals surface area contributed by atoms with Gasteiger partial charge in [0.05, 0.1) is 11.4 Å². The van der Waals surface area contributed by atoms with Crippen LogP contribution in [0.5, 0.6) is 0 Å². The largest absolute Gasteiger partial charge is 0.470 e. The molecule has 8 heteroatoms. The van der Waals surface area contributed by atoms with E-state index in [1.165, 1.54) is 0 Å². The van der Waals surface area contributed by atoms with Crippen LogP contribution >= 0.6 is 0 Å². The number of rotatable bonds is 4. The van der Waals surface area contributed by atoms with Gasteiger partial charge < -0.3 is 24.8 Å². The molecular weight excluding hydrogens is 406 g/mol. The van der Waals surface area contributed by atoms with Gasteiger partial charge in [0.1, 0.15) is 6.07 Å². The topological polar surface area (TPSA) is 88.9 Å². The van der Waals surface area contributed by atoms with Crippen molar-refractivity contribution in [2.24, 2.45) is 5.92 Å². The van der Waals surface area contributed by atoms with E-state index in [4.69, 9.17) is 10.00 Å². The third kappa shape index (κ3) is 4.82. The van der Waals surface area contributed by atoms with E-state index in [0.717, 1.165) is 69.2 Å². The van der Waals surface area contributed by atoms with Crippen LogP contribution in [-0.2, 0) is 14.3 Å². The molecule has 0 bridgehead atoms. The number of nitrogens with zero attached hydrogens (tertiary/aromatic N) is 4.